The smallest absolute Gasteiger partial charge is 0.120 e. The molecule has 1 rings (SSSR count). The molecule has 4 heteroatoms. The molecule has 1 N–H and O–H groups in total. The minimum atomic E-state index is -0.482. The molecular formula is C11H15BrO3. The molecule has 0 heterocycles. The largest absolute Gasteiger partial charge is 0.491 e. The van der Waals surface area contributed by atoms with Crippen molar-refractivity contribution in [3.05, 3.63) is 28.7 Å². The molecule has 1 aromatic rings. The second kappa shape index (κ2) is 6.82. The number of aliphatic hydroxyl groups is 1. The van der Waals surface area contributed by atoms with Gasteiger partial charge in [0.1, 0.15) is 12.4 Å². The first-order chi connectivity index (χ1) is 7.22. The molecule has 1 unspecified atom stereocenters. The fourth-order valence-electron chi connectivity index (χ4n) is 1.09. The molecule has 0 saturated heterocycles. The van der Waals surface area contributed by atoms with E-state index in [-0.39, 0.29) is 0 Å². The van der Waals surface area contributed by atoms with Gasteiger partial charge in [0, 0.05) is 18.2 Å². The lowest BCUT2D eigenvalue weighted by molar-refractivity contribution is 0.0706. The van der Waals surface area contributed by atoms with Gasteiger partial charge in [0.2, 0.25) is 0 Å². The molecule has 0 aromatic heterocycles. The van der Waals surface area contributed by atoms with Crippen molar-refractivity contribution in [2.45, 2.75) is 12.5 Å². The average Bonchev–Trinajstić information content (AvgIpc) is 2.23. The zero-order valence-corrected chi connectivity index (χ0v) is 10.2. The van der Waals surface area contributed by atoms with Crippen LogP contribution < -0.4 is 4.74 Å². The molecule has 0 fully saturated rings. The molecule has 15 heavy (non-hydrogen) atoms. The zero-order valence-electron chi connectivity index (χ0n) is 8.65. The third kappa shape index (κ3) is 5.16. The van der Waals surface area contributed by atoms with E-state index in [1.54, 1.807) is 7.11 Å². The molecule has 1 atom stereocenters. The van der Waals surface area contributed by atoms with Crippen LogP contribution in [-0.4, -0.2) is 31.5 Å². The number of hydrogen-bond donors (Lipinski definition) is 1. The van der Waals surface area contributed by atoms with Gasteiger partial charge in [-0.1, -0.05) is 22.0 Å². The summed E-state index contributed by atoms with van der Waals surface area (Å²) >= 11 is 3.35. The third-order valence-corrected chi connectivity index (χ3v) is 2.39. The van der Waals surface area contributed by atoms with Crippen molar-refractivity contribution in [3.8, 4) is 5.75 Å². The zero-order chi connectivity index (χ0) is 11.1. The van der Waals surface area contributed by atoms with E-state index in [2.05, 4.69) is 15.9 Å². The molecule has 0 aliphatic carbocycles. The first-order valence-electron chi connectivity index (χ1n) is 4.77. The van der Waals surface area contributed by atoms with E-state index in [1.165, 1.54) is 0 Å². The number of halogens is 1. The summed E-state index contributed by atoms with van der Waals surface area (Å²) in [6, 6.07) is 7.53. The van der Waals surface area contributed by atoms with E-state index in [0.717, 1.165) is 10.2 Å². The minimum Gasteiger partial charge on any atom is -0.491 e. The van der Waals surface area contributed by atoms with E-state index in [0.29, 0.717) is 19.6 Å². The van der Waals surface area contributed by atoms with Crippen LogP contribution in [0.2, 0.25) is 0 Å². The topological polar surface area (TPSA) is 38.7 Å². The van der Waals surface area contributed by atoms with Crippen molar-refractivity contribution >= 4 is 15.9 Å². The van der Waals surface area contributed by atoms with Crippen LogP contribution in [-0.2, 0) is 4.74 Å². The van der Waals surface area contributed by atoms with Gasteiger partial charge in [-0.15, -0.1) is 0 Å². The Kier molecular flexibility index (Phi) is 5.68. The van der Waals surface area contributed by atoms with E-state index in [9.17, 15) is 5.11 Å². The van der Waals surface area contributed by atoms with Crippen LogP contribution in [0, 0.1) is 0 Å². The van der Waals surface area contributed by atoms with Crippen LogP contribution >= 0.6 is 15.9 Å². The Labute approximate surface area is 98.1 Å². The van der Waals surface area contributed by atoms with Gasteiger partial charge in [-0.2, -0.15) is 0 Å². The van der Waals surface area contributed by atoms with Gasteiger partial charge >= 0.3 is 0 Å². The van der Waals surface area contributed by atoms with Gasteiger partial charge in [0.15, 0.2) is 0 Å². The van der Waals surface area contributed by atoms with Gasteiger partial charge < -0.3 is 14.6 Å². The molecule has 0 aliphatic rings. The van der Waals surface area contributed by atoms with E-state index in [4.69, 9.17) is 9.47 Å². The van der Waals surface area contributed by atoms with Crippen LogP contribution in [0.1, 0.15) is 6.42 Å². The van der Waals surface area contributed by atoms with Crippen LogP contribution in [0.25, 0.3) is 0 Å². The van der Waals surface area contributed by atoms with Gasteiger partial charge in [-0.3, -0.25) is 0 Å². The fourth-order valence-corrected chi connectivity index (χ4v) is 1.46. The summed E-state index contributed by atoms with van der Waals surface area (Å²) in [6.07, 6.45) is 0.105. The SMILES string of the molecule is COCCC(O)COc1cccc(Br)c1. The molecular weight excluding hydrogens is 260 g/mol. The Morgan fingerprint density at radius 3 is 2.93 bits per heavy atom. The summed E-state index contributed by atoms with van der Waals surface area (Å²) in [5.74, 6) is 0.751. The highest BCUT2D eigenvalue weighted by Crippen LogP contribution is 2.17. The molecule has 0 saturated carbocycles. The van der Waals surface area contributed by atoms with Crippen molar-refractivity contribution in [3.63, 3.8) is 0 Å². The van der Waals surface area contributed by atoms with Crippen LogP contribution in [0.4, 0.5) is 0 Å². The first kappa shape index (κ1) is 12.5. The fraction of sp³-hybridized carbons (Fsp3) is 0.455. The summed E-state index contributed by atoms with van der Waals surface area (Å²) in [7, 11) is 1.61. The molecule has 1 aromatic carbocycles. The lowest BCUT2D eigenvalue weighted by Crippen LogP contribution is -2.19. The lowest BCUT2D eigenvalue weighted by Gasteiger charge is -2.11. The Bertz CT molecular complexity index is 291. The molecule has 84 valence electrons. The van der Waals surface area contributed by atoms with Crippen molar-refractivity contribution in [1.29, 1.82) is 0 Å². The molecule has 0 amide bonds. The van der Waals surface area contributed by atoms with Crippen LogP contribution in [0.15, 0.2) is 28.7 Å². The second-order valence-electron chi connectivity index (χ2n) is 3.20. The second-order valence-corrected chi connectivity index (χ2v) is 4.12. The molecule has 3 nitrogen and oxygen atoms in total. The van der Waals surface area contributed by atoms with Crippen LogP contribution in [0.3, 0.4) is 0 Å². The lowest BCUT2D eigenvalue weighted by atomic mass is 10.3. The predicted molar refractivity (Wildman–Crippen MR) is 62.1 cm³/mol. The highest BCUT2D eigenvalue weighted by molar-refractivity contribution is 9.10. The molecule has 0 spiro atoms. The Morgan fingerprint density at radius 2 is 2.27 bits per heavy atom. The standard InChI is InChI=1S/C11H15BrO3/c1-14-6-5-10(13)8-15-11-4-2-3-9(12)7-11/h2-4,7,10,13H,5-6,8H2,1H3. The number of hydrogen-bond acceptors (Lipinski definition) is 3. The number of rotatable bonds is 6. The van der Waals surface area contributed by atoms with Gasteiger partial charge in [0.05, 0.1) is 6.10 Å². The normalized spacial score (nSPS) is 12.5. The minimum absolute atomic E-state index is 0.291. The Balaban J connectivity index is 2.30. The average molecular weight is 275 g/mol. The van der Waals surface area contributed by atoms with E-state index >= 15 is 0 Å². The maximum Gasteiger partial charge on any atom is 0.120 e. The highest BCUT2D eigenvalue weighted by atomic mass is 79.9. The number of aliphatic hydroxyl groups excluding tert-OH is 1. The summed E-state index contributed by atoms with van der Waals surface area (Å²) in [4.78, 5) is 0. The Morgan fingerprint density at radius 1 is 1.47 bits per heavy atom. The monoisotopic (exact) mass is 274 g/mol. The van der Waals surface area contributed by atoms with Gasteiger partial charge in [0.25, 0.3) is 0 Å². The number of benzene rings is 1. The summed E-state index contributed by atoms with van der Waals surface area (Å²) in [6.45, 7) is 0.836. The van der Waals surface area contributed by atoms with Gasteiger partial charge in [-0.05, 0) is 24.6 Å². The van der Waals surface area contributed by atoms with Crippen LogP contribution in [0.5, 0.6) is 5.75 Å². The van der Waals surface area contributed by atoms with E-state index < -0.39 is 6.10 Å². The summed E-state index contributed by atoms with van der Waals surface area (Å²) in [5.41, 5.74) is 0. The molecule has 0 radical (unpaired) electrons. The van der Waals surface area contributed by atoms with Crippen molar-refractivity contribution in [2.24, 2.45) is 0 Å². The molecule has 0 bridgehead atoms. The predicted octanol–water partition coefficient (Wildman–Crippen LogP) is 2.23. The van der Waals surface area contributed by atoms with Crippen molar-refractivity contribution < 1.29 is 14.6 Å². The number of ether oxygens (including phenoxy) is 2. The maximum absolute atomic E-state index is 9.49. The van der Waals surface area contributed by atoms with Gasteiger partial charge in [-0.25, -0.2) is 0 Å². The van der Waals surface area contributed by atoms with Crippen molar-refractivity contribution in [1.82, 2.24) is 0 Å². The quantitative estimate of drug-likeness (QED) is 0.865. The molecule has 0 aliphatic heterocycles. The highest BCUT2D eigenvalue weighted by Gasteiger charge is 2.04. The summed E-state index contributed by atoms with van der Waals surface area (Å²) in [5, 5.41) is 9.49. The first-order valence-corrected chi connectivity index (χ1v) is 5.57. The van der Waals surface area contributed by atoms with Crippen molar-refractivity contribution in [2.75, 3.05) is 20.3 Å². The third-order valence-electron chi connectivity index (χ3n) is 1.89. The summed E-state index contributed by atoms with van der Waals surface area (Å²) < 4.78 is 11.2. The maximum atomic E-state index is 9.49. The Hall–Kier alpha value is -0.580. The van der Waals surface area contributed by atoms with E-state index in [1.807, 2.05) is 24.3 Å². The number of methoxy groups -OCH3 is 1.